The Kier molecular flexibility index (Phi) is 5.11. The third-order valence-corrected chi connectivity index (χ3v) is 2.52. The van der Waals surface area contributed by atoms with Crippen LogP contribution in [0.1, 0.15) is 12.5 Å². The van der Waals surface area contributed by atoms with Gasteiger partial charge in [-0.3, -0.25) is 9.59 Å². The molecule has 0 aromatic heterocycles. The van der Waals surface area contributed by atoms with Crippen molar-refractivity contribution in [3.63, 3.8) is 0 Å². The van der Waals surface area contributed by atoms with E-state index in [1.54, 1.807) is 13.0 Å². The topological polar surface area (TPSA) is 52.6 Å². The quantitative estimate of drug-likeness (QED) is 0.604. The molecule has 0 aliphatic rings. The summed E-state index contributed by atoms with van der Waals surface area (Å²) < 4.78 is 9.23. The Labute approximate surface area is 106 Å². The molecule has 0 spiro atoms. The molecule has 0 N–H and O–H groups in total. The molecule has 0 heterocycles. The molecule has 0 atom stereocenters. The lowest BCUT2D eigenvalue weighted by atomic mass is 9.98. The molecular weight excluding hydrogens is 232 g/mol. The second-order valence-electron chi connectivity index (χ2n) is 3.78. The fourth-order valence-electron chi connectivity index (χ4n) is 1.60. The Morgan fingerprint density at radius 3 is 2.00 bits per heavy atom. The maximum atomic E-state index is 11.6. The van der Waals surface area contributed by atoms with Gasteiger partial charge in [-0.15, -0.1) is 0 Å². The molecule has 4 nitrogen and oxygen atoms in total. The van der Waals surface area contributed by atoms with E-state index in [4.69, 9.17) is 0 Å². The molecule has 0 fully saturated rings. The minimum absolute atomic E-state index is 0.583. The molecule has 1 rings (SSSR count). The molecule has 4 heteroatoms. The minimum atomic E-state index is -1.01. The molecule has 0 amide bonds. The molecule has 96 valence electrons. The fraction of sp³-hybridized carbons (Fsp3) is 0.286. The predicted molar refractivity (Wildman–Crippen MR) is 67.6 cm³/mol. The van der Waals surface area contributed by atoms with Crippen molar-refractivity contribution in [1.29, 1.82) is 0 Å². The summed E-state index contributed by atoms with van der Waals surface area (Å²) in [5, 5.41) is 0. The lowest BCUT2D eigenvalue weighted by Gasteiger charge is -2.13. The normalized spacial score (nSPS) is 11.2. The van der Waals surface area contributed by atoms with Crippen molar-refractivity contribution < 1.29 is 19.1 Å². The number of esters is 2. The number of hydrogen-bond donors (Lipinski definition) is 0. The number of ether oxygens (including phenoxy) is 2. The zero-order chi connectivity index (χ0) is 13.5. The molecular formula is C14H16O4. The summed E-state index contributed by atoms with van der Waals surface area (Å²) in [5.41, 5.74) is 1.49. The van der Waals surface area contributed by atoms with Crippen LogP contribution in [0, 0.1) is 5.92 Å². The van der Waals surface area contributed by atoms with E-state index in [0.29, 0.717) is 5.57 Å². The summed E-state index contributed by atoms with van der Waals surface area (Å²) in [6.45, 7) is 1.70. The summed E-state index contributed by atoms with van der Waals surface area (Å²) in [6, 6.07) is 9.42. The van der Waals surface area contributed by atoms with Gasteiger partial charge >= 0.3 is 11.9 Å². The summed E-state index contributed by atoms with van der Waals surface area (Å²) in [6.07, 6.45) is 1.76. The molecule has 0 saturated heterocycles. The third-order valence-electron chi connectivity index (χ3n) is 2.52. The number of carbonyl (C=O) groups is 2. The zero-order valence-corrected chi connectivity index (χ0v) is 10.7. The molecule has 0 radical (unpaired) electrons. The highest BCUT2D eigenvalue weighted by atomic mass is 16.5. The van der Waals surface area contributed by atoms with Gasteiger partial charge in [0, 0.05) is 0 Å². The van der Waals surface area contributed by atoms with E-state index in [1.165, 1.54) is 14.2 Å². The van der Waals surface area contributed by atoms with Gasteiger partial charge in [0.1, 0.15) is 0 Å². The van der Waals surface area contributed by atoms with Crippen LogP contribution in [0.4, 0.5) is 0 Å². The highest BCUT2D eigenvalue weighted by Crippen LogP contribution is 2.17. The predicted octanol–water partition coefficient (Wildman–Crippen LogP) is 2.05. The van der Waals surface area contributed by atoms with Gasteiger partial charge in [0.25, 0.3) is 0 Å². The van der Waals surface area contributed by atoms with E-state index < -0.39 is 17.9 Å². The first-order valence-electron chi connectivity index (χ1n) is 5.49. The molecule has 0 saturated carbocycles. The second kappa shape index (κ2) is 6.59. The number of hydrogen-bond acceptors (Lipinski definition) is 4. The van der Waals surface area contributed by atoms with Gasteiger partial charge in [-0.2, -0.15) is 0 Å². The maximum absolute atomic E-state index is 11.6. The van der Waals surface area contributed by atoms with E-state index in [2.05, 4.69) is 9.47 Å². The lowest BCUT2D eigenvalue weighted by Crippen LogP contribution is -2.27. The monoisotopic (exact) mass is 248 g/mol. The zero-order valence-electron chi connectivity index (χ0n) is 10.7. The van der Waals surface area contributed by atoms with Crippen LogP contribution >= 0.6 is 0 Å². The van der Waals surface area contributed by atoms with Crippen LogP contribution in [-0.4, -0.2) is 26.2 Å². The summed E-state index contributed by atoms with van der Waals surface area (Å²) in [7, 11) is 2.49. The van der Waals surface area contributed by atoms with Crippen molar-refractivity contribution in [2.75, 3.05) is 14.2 Å². The van der Waals surface area contributed by atoms with Gasteiger partial charge in [-0.25, -0.2) is 0 Å². The van der Waals surface area contributed by atoms with Crippen molar-refractivity contribution in [2.45, 2.75) is 6.92 Å². The average molecular weight is 248 g/mol. The van der Waals surface area contributed by atoms with Crippen molar-refractivity contribution >= 4 is 18.0 Å². The first-order chi connectivity index (χ1) is 8.60. The third kappa shape index (κ3) is 3.45. The summed E-state index contributed by atoms with van der Waals surface area (Å²) in [5.74, 6) is -2.25. The van der Waals surface area contributed by atoms with Crippen LogP contribution in [-0.2, 0) is 19.1 Å². The number of methoxy groups -OCH3 is 2. The van der Waals surface area contributed by atoms with Gasteiger partial charge in [-0.1, -0.05) is 36.4 Å². The van der Waals surface area contributed by atoms with Crippen molar-refractivity contribution in [3.05, 3.63) is 41.5 Å². The molecule has 18 heavy (non-hydrogen) atoms. The van der Waals surface area contributed by atoms with Crippen LogP contribution in [0.3, 0.4) is 0 Å². The van der Waals surface area contributed by atoms with E-state index in [-0.39, 0.29) is 0 Å². The Hall–Kier alpha value is -2.10. The number of rotatable bonds is 4. The van der Waals surface area contributed by atoms with E-state index >= 15 is 0 Å². The van der Waals surface area contributed by atoms with Crippen LogP contribution in [0.2, 0.25) is 0 Å². The average Bonchev–Trinajstić information content (AvgIpc) is 2.39. The second-order valence-corrected chi connectivity index (χ2v) is 3.78. The molecule has 0 aliphatic heterocycles. The Bertz CT molecular complexity index is 432. The van der Waals surface area contributed by atoms with Gasteiger partial charge in [0.2, 0.25) is 0 Å². The van der Waals surface area contributed by atoms with E-state index in [1.807, 2.05) is 30.3 Å². The van der Waals surface area contributed by atoms with Crippen molar-refractivity contribution in [2.24, 2.45) is 5.92 Å². The Balaban J connectivity index is 3.03. The Morgan fingerprint density at radius 1 is 1.06 bits per heavy atom. The molecule has 1 aromatic rings. The molecule has 0 bridgehead atoms. The van der Waals surface area contributed by atoms with E-state index in [0.717, 1.165) is 5.56 Å². The summed E-state index contributed by atoms with van der Waals surface area (Å²) >= 11 is 0. The summed E-state index contributed by atoms with van der Waals surface area (Å²) in [4.78, 5) is 23.2. The largest absolute Gasteiger partial charge is 0.468 e. The smallest absolute Gasteiger partial charge is 0.324 e. The van der Waals surface area contributed by atoms with Crippen molar-refractivity contribution in [1.82, 2.24) is 0 Å². The fourth-order valence-corrected chi connectivity index (χ4v) is 1.60. The number of carbonyl (C=O) groups excluding carboxylic acids is 2. The first kappa shape index (κ1) is 14.0. The standard InChI is InChI=1S/C14H16O4/c1-10(9-11-7-5-4-6-8-11)12(13(15)17-2)14(16)18-3/h4-9,12H,1-3H3. The SMILES string of the molecule is COC(=O)C(C(=O)OC)C(C)=Cc1ccccc1. The van der Waals surface area contributed by atoms with E-state index in [9.17, 15) is 9.59 Å². The van der Waals surface area contributed by atoms with Gasteiger partial charge in [-0.05, 0) is 18.1 Å². The van der Waals surface area contributed by atoms with Gasteiger partial charge in [0.05, 0.1) is 14.2 Å². The van der Waals surface area contributed by atoms with Crippen molar-refractivity contribution in [3.8, 4) is 0 Å². The minimum Gasteiger partial charge on any atom is -0.468 e. The van der Waals surface area contributed by atoms with Crippen LogP contribution < -0.4 is 0 Å². The molecule has 0 aliphatic carbocycles. The van der Waals surface area contributed by atoms with Crippen LogP contribution in [0.5, 0.6) is 0 Å². The van der Waals surface area contributed by atoms with Crippen LogP contribution in [0.15, 0.2) is 35.9 Å². The number of benzene rings is 1. The van der Waals surface area contributed by atoms with Crippen LogP contribution in [0.25, 0.3) is 6.08 Å². The van der Waals surface area contributed by atoms with Gasteiger partial charge < -0.3 is 9.47 Å². The molecule has 1 aromatic carbocycles. The highest BCUT2D eigenvalue weighted by Gasteiger charge is 2.30. The maximum Gasteiger partial charge on any atom is 0.324 e. The molecule has 0 unspecified atom stereocenters. The first-order valence-corrected chi connectivity index (χ1v) is 5.49. The lowest BCUT2D eigenvalue weighted by molar-refractivity contribution is -0.156. The Morgan fingerprint density at radius 2 is 1.56 bits per heavy atom. The van der Waals surface area contributed by atoms with Gasteiger partial charge in [0.15, 0.2) is 5.92 Å². The highest BCUT2D eigenvalue weighted by molar-refractivity contribution is 5.99.